The van der Waals surface area contributed by atoms with Crippen LogP contribution in [0.4, 0.5) is 5.69 Å². The van der Waals surface area contributed by atoms with Gasteiger partial charge < -0.3 is 11.1 Å². The van der Waals surface area contributed by atoms with Crippen molar-refractivity contribution in [3.05, 3.63) is 64.7 Å². The number of anilines is 1. The Bertz CT molecular complexity index is 554. The van der Waals surface area contributed by atoms with E-state index in [1.165, 1.54) is 5.56 Å². The lowest BCUT2D eigenvalue weighted by Crippen LogP contribution is -2.33. The lowest BCUT2D eigenvalue weighted by Gasteiger charge is -2.25. The monoisotopic (exact) mass is 288 g/mol. The highest BCUT2D eigenvalue weighted by molar-refractivity contribution is 6.31. The normalized spacial score (nSPS) is 13.8. The molecule has 0 saturated carbocycles. The Hall–Kier alpha value is -1.51. The van der Waals surface area contributed by atoms with Gasteiger partial charge in [-0.25, -0.2) is 0 Å². The second-order valence-electron chi connectivity index (χ2n) is 5.15. The van der Waals surface area contributed by atoms with Gasteiger partial charge in [-0.15, -0.1) is 0 Å². The van der Waals surface area contributed by atoms with Crippen molar-refractivity contribution in [2.24, 2.45) is 5.73 Å². The molecule has 2 nitrogen and oxygen atoms in total. The van der Waals surface area contributed by atoms with Gasteiger partial charge in [-0.1, -0.05) is 54.9 Å². The molecule has 0 aromatic heterocycles. The van der Waals surface area contributed by atoms with Crippen LogP contribution < -0.4 is 11.1 Å². The first-order valence-corrected chi connectivity index (χ1v) is 7.27. The third-order valence-corrected chi connectivity index (χ3v) is 4.11. The molecule has 2 aromatic rings. The van der Waals surface area contributed by atoms with E-state index in [0.717, 1.165) is 16.3 Å². The van der Waals surface area contributed by atoms with Gasteiger partial charge in [0, 0.05) is 29.2 Å². The maximum absolute atomic E-state index is 6.17. The van der Waals surface area contributed by atoms with E-state index in [4.69, 9.17) is 17.3 Å². The average molecular weight is 289 g/mol. The fraction of sp³-hybridized carbons (Fsp3) is 0.294. The summed E-state index contributed by atoms with van der Waals surface area (Å²) in [7, 11) is 0. The lowest BCUT2D eigenvalue weighted by molar-refractivity contribution is 0.611. The molecular formula is C17H21ClN2. The molecule has 0 aliphatic rings. The molecule has 20 heavy (non-hydrogen) atoms. The van der Waals surface area contributed by atoms with E-state index in [0.29, 0.717) is 12.5 Å². The predicted octanol–water partition coefficient (Wildman–Crippen LogP) is 4.19. The molecule has 0 aliphatic heterocycles. The number of nitrogens with two attached hydrogens (primary N) is 1. The molecule has 2 rings (SSSR count). The zero-order valence-electron chi connectivity index (χ0n) is 11.9. The summed E-state index contributed by atoms with van der Waals surface area (Å²) in [5.41, 5.74) is 9.31. The maximum atomic E-state index is 6.17. The van der Waals surface area contributed by atoms with Crippen molar-refractivity contribution < 1.29 is 0 Å². The number of hydrogen-bond acceptors (Lipinski definition) is 2. The minimum absolute atomic E-state index is 0.177. The van der Waals surface area contributed by atoms with Gasteiger partial charge in [0.05, 0.1) is 0 Å². The van der Waals surface area contributed by atoms with Crippen LogP contribution in [0, 0.1) is 6.92 Å². The van der Waals surface area contributed by atoms with Gasteiger partial charge in [0.2, 0.25) is 0 Å². The second-order valence-corrected chi connectivity index (χ2v) is 5.56. The SMILES string of the molecule is Cc1ccc(NC(CN)C(C)c2ccccc2)cc1Cl. The van der Waals surface area contributed by atoms with Crippen molar-refractivity contribution in [2.45, 2.75) is 25.8 Å². The minimum Gasteiger partial charge on any atom is -0.380 e. The minimum atomic E-state index is 0.177. The van der Waals surface area contributed by atoms with Crippen molar-refractivity contribution >= 4 is 17.3 Å². The smallest absolute Gasteiger partial charge is 0.0455 e. The molecule has 0 amide bonds. The number of aryl methyl sites for hydroxylation is 1. The standard InChI is InChI=1S/C17H21ClN2/c1-12-8-9-15(10-16(12)18)20-17(11-19)13(2)14-6-4-3-5-7-14/h3-10,13,17,20H,11,19H2,1-2H3. The quantitative estimate of drug-likeness (QED) is 0.866. The van der Waals surface area contributed by atoms with Gasteiger partial charge in [-0.05, 0) is 30.2 Å². The average Bonchev–Trinajstić information content (AvgIpc) is 2.48. The van der Waals surface area contributed by atoms with Gasteiger partial charge in [0.1, 0.15) is 0 Å². The Balaban J connectivity index is 2.14. The van der Waals surface area contributed by atoms with Gasteiger partial charge in [-0.2, -0.15) is 0 Å². The van der Waals surface area contributed by atoms with Crippen LogP contribution in [-0.4, -0.2) is 12.6 Å². The highest BCUT2D eigenvalue weighted by Gasteiger charge is 2.17. The van der Waals surface area contributed by atoms with E-state index in [-0.39, 0.29) is 6.04 Å². The molecule has 0 radical (unpaired) electrons. The molecule has 0 aliphatic carbocycles. The molecule has 0 heterocycles. The summed E-state index contributed by atoms with van der Waals surface area (Å²) in [5.74, 6) is 0.335. The van der Waals surface area contributed by atoms with Crippen LogP contribution in [0.5, 0.6) is 0 Å². The summed E-state index contributed by atoms with van der Waals surface area (Å²) in [5, 5.41) is 4.26. The van der Waals surface area contributed by atoms with Crippen molar-refractivity contribution in [3.63, 3.8) is 0 Å². The van der Waals surface area contributed by atoms with E-state index in [1.807, 2.05) is 31.2 Å². The predicted molar refractivity (Wildman–Crippen MR) is 87.5 cm³/mol. The van der Waals surface area contributed by atoms with Crippen molar-refractivity contribution in [1.82, 2.24) is 0 Å². The summed E-state index contributed by atoms with van der Waals surface area (Å²) in [4.78, 5) is 0. The Labute approximate surface area is 126 Å². The largest absolute Gasteiger partial charge is 0.380 e. The molecule has 2 aromatic carbocycles. The van der Waals surface area contributed by atoms with Crippen LogP contribution in [-0.2, 0) is 0 Å². The molecule has 0 fully saturated rings. The molecule has 0 spiro atoms. The number of rotatable bonds is 5. The molecular weight excluding hydrogens is 268 g/mol. The molecule has 106 valence electrons. The number of hydrogen-bond donors (Lipinski definition) is 2. The summed E-state index contributed by atoms with van der Waals surface area (Å²) in [6, 6.07) is 16.6. The van der Waals surface area contributed by atoms with E-state index < -0.39 is 0 Å². The van der Waals surface area contributed by atoms with Gasteiger partial charge in [0.15, 0.2) is 0 Å². The first kappa shape index (κ1) is 14.9. The topological polar surface area (TPSA) is 38.0 Å². The van der Waals surface area contributed by atoms with E-state index in [2.05, 4.69) is 36.5 Å². The van der Waals surface area contributed by atoms with Crippen molar-refractivity contribution in [1.29, 1.82) is 0 Å². The van der Waals surface area contributed by atoms with E-state index in [1.54, 1.807) is 0 Å². The Morgan fingerprint density at radius 1 is 1.15 bits per heavy atom. The maximum Gasteiger partial charge on any atom is 0.0455 e. The van der Waals surface area contributed by atoms with Gasteiger partial charge in [0.25, 0.3) is 0 Å². The number of nitrogens with one attached hydrogen (secondary N) is 1. The first-order chi connectivity index (χ1) is 9.61. The molecule has 3 heteroatoms. The summed E-state index contributed by atoms with van der Waals surface area (Å²) >= 11 is 6.17. The fourth-order valence-corrected chi connectivity index (χ4v) is 2.45. The van der Waals surface area contributed by atoms with Crippen LogP contribution in [0.1, 0.15) is 24.0 Å². The Morgan fingerprint density at radius 3 is 2.45 bits per heavy atom. The second kappa shape index (κ2) is 6.78. The van der Waals surface area contributed by atoms with Crippen LogP contribution in [0.15, 0.2) is 48.5 Å². The highest BCUT2D eigenvalue weighted by atomic mass is 35.5. The number of halogens is 1. The Kier molecular flexibility index (Phi) is 5.05. The summed E-state index contributed by atoms with van der Waals surface area (Å²) < 4.78 is 0. The molecule has 0 saturated heterocycles. The van der Waals surface area contributed by atoms with Crippen LogP contribution in [0.25, 0.3) is 0 Å². The van der Waals surface area contributed by atoms with E-state index in [9.17, 15) is 0 Å². The van der Waals surface area contributed by atoms with Crippen molar-refractivity contribution in [2.75, 3.05) is 11.9 Å². The zero-order chi connectivity index (χ0) is 14.5. The highest BCUT2D eigenvalue weighted by Crippen LogP contribution is 2.24. The van der Waals surface area contributed by atoms with Crippen LogP contribution in [0.2, 0.25) is 5.02 Å². The van der Waals surface area contributed by atoms with Crippen molar-refractivity contribution in [3.8, 4) is 0 Å². The molecule has 2 unspecified atom stereocenters. The third-order valence-electron chi connectivity index (χ3n) is 3.71. The molecule has 2 atom stereocenters. The Morgan fingerprint density at radius 2 is 1.85 bits per heavy atom. The zero-order valence-corrected chi connectivity index (χ0v) is 12.7. The van der Waals surface area contributed by atoms with Gasteiger partial charge in [-0.3, -0.25) is 0 Å². The summed E-state index contributed by atoms with van der Waals surface area (Å²) in [6.07, 6.45) is 0. The lowest BCUT2D eigenvalue weighted by atomic mass is 9.93. The third kappa shape index (κ3) is 3.53. The van der Waals surface area contributed by atoms with E-state index >= 15 is 0 Å². The van der Waals surface area contributed by atoms with Crippen LogP contribution in [0.3, 0.4) is 0 Å². The van der Waals surface area contributed by atoms with Gasteiger partial charge >= 0.3 is 0 Å². The molecule has 0 bridgehead atoms. The van der Waals surface area contributed by atoms with Crippen LogP contribution >= 0.6 is 11.6 Å². The summed E-state index contributed by atoms with van der Waals surface area (Å²) in [6.45, 7) is 4.76. The molecule has 3 N–H and O–H groups in total. The first-order valence-electron chi connectivity index (χ1n) is 6.89. The number of benzene rings is 2. The fourth-order valence-electron chi connectivity index (χ4n) is 2.27.